The van der Waals surface area contributed by atoms with E-state index in [1.54, 1.807) is 6.07 Å². The molecular formula is C12H15F3N2O. The molecule has 18 heavy (non-hydrogen) atoms. The molecular weight excluding hydrogens is 245 g/mol. The van der Waals surface area contributed by atoms with Gasteiger partial charge in [-0.25, -0.2) is 0 Å². The predicted molar refractivity (Wildman–Crippen MR) is 61.8 cm³/mol. The van der Waals surface area contributed by atoms with E-state index in [0.29, 0.717) is 25.1 Å². The van der Waals surface area contributed by atoms with Gasteiger partial charge in [-0.1, -0.05) is 18.2 Å². The molecule has 3 N–H and O–H groups in total. The second kappa shape index (κ2) is 6.39. The molecule has 0 aromatic heterocycles. The highest BCUT2D eigenvalue weighted by atomic mass is 19.4. The predicted octanol–water partition coefficient (Wildman–Crippen LogP) is 1.71. The normalized spacial score (nSPS) is 11.5. The molecule has 1 amide bonds. The van der Waals surface area contributed by atoms with Crippen LogP contribution in [0.4, 0.5) is 13.2 Å². The van der Waals surface area contributed by atoms with Crippen LogP contribution in [0.3, 0.4) is 0 Å². The quantitative estimate of drug-likeness (QED) is 0.765. The monoisotopic (exact) mass is 260 g/mol. The molecule has 1 aromatic rings. The molecule has 1 aromatic carbocycles. The van der Waals surface area contributed by atoms with Crippen molar-refractivity contribution in [2.45, 2.75) is 19.0 Å². The summed E-state index contributed by atoms with van der Waals surface area (Å²) in [5, 5.41) is 2.94. The molecule has 0 bridgehead atoms. The Labute approximate surface area is 103 Å². The van der Waals surface area contributed by atoms with E-state index in [1.807, 2.05) is 0 Å². The van der Waals surface area contributed by atoms with E-state index >= 15 is 0 Å². The average Bonchev–Trinajstić information content (AvgIpc) is 2.27. The Kier molecular flexibility index (Phi) is 5.15. The Hall–Kier alpha value is -1.56. The van der Waals surface area contributed by atoms with Gasteiger partial charge in [-0.2, -0.15) is 13.2 Å². The SMILES string of the molecule is NC(=O)CCNCCc1cccc(C(F)(F)F)c1. The topological polar surface area (TPSA) is 55.1 Å². The smallest absolute Gasteiger partial charge is 0.370 e. The minimum Gasteiger partial charge on any atom is -0.370 e. The summed E-state index contributed by atoms with van der Waals surface area (Å²) in [6, 6.07) is 5.21. The van der Waals surface area contributed by atoms with Crippen molar-refractivity contribution in [3.63, 3.8) is 0 Å². The Balaban J connectivity index is 2.41. The second-order valence-corrected chi connectivity index (χ2v) is 3.91. The lowest BCUT2D eigenvalue weighted by atomic mass is 10.1. The van der Waals surface area contributed by atoms with Crippen molar-refractivity contribution in [2.24, 2.45) is 5.73 Å². The number of hydrogen-bond acceptors (Lipinski definition) is 2. The van der Waals surface area contributed by atoms with Crippen molar-refractivity contribution in [1.82, 2.24) is 5.32 Å². The summed E-state index contributed by atoms with van der Waals surface area (Å²) >= 11 is 0. The van der Waals surface area contributed by atoms with Gasteiger partial charge in [-0.15, -0.1) is 0 Å². The number of alkyl halides is 3. The molecule has 0 unspecified atom stereocenters. The number of carbonyl (C=O) groups is 1. The minimum absolute atomic E-state index is 0.225. The number of nitrogens with one attached hydrogen (secondary N) is 1. The van der Waals surface area contributed by atoms with Gasteiger partial charge in [-0.05, 0) is 24.6 Å². The number of hydrogen-bond donors (Lipinski definition) is 2. The average molecular weight is 260 g/mol. The van der Waals surface area contributed by atoms with E-state index in [9.17, 15) is 18.0 Å². The van der Waals surface area contributed by atoms with E-state index in [0.717, 1.165) is 12.1 Å². The number of amides is 1. The van der Waals surface area contributed by atoms with Crippen LogP contribution in [0.25, 0.3) is 0 Å². The Morgan fingerprint density at radius 1 is 1.28 bits per heavy atom. The lowest BCUT2D eigenvalue weighted by Crippen LogP contribution is -2.23. The number of benzene rings is 1. The van der Waals surface area contributed by atoms with Gasteiger partial charge < -0.3 is 11.1 Å². The van der Waals surface area contributed by atoms with Gasteiger partial charge in [0.2, 0.25) is 5.91 Å². The molecule has 0 fully saturated rings. The summed E-state index contributed by atoms with van der Waals surface area (Å²) in [6.07, 6.45) is -3.61. The fourth-order valence-electron chi connectivity index (χ4n) is 1.47. The first-order valence-electron chi connectivity index (χ1n) is 5.55. The van der Waals surface area contributed by atoms with Gasteiger partial charge >= 0.3 is 6.18 Å². The van der Waals surface area contributed by atoms with E-state index < -0.39 is 17.6 Å². The standard InChI is InChI=1S/C12H15F3N2O/c13-12(14,15)10-3-1-2-9(8-10)4-6-17-7-5-11(16)18/h1-3,8,17H,4-7H2,(H2,16,18). The van der Waals surface area contributed by atoms with Gasteiger partial charge in [0.1, 0.15) is 0 Å². The number of halogens is 3. The lowest BCUT2D eigenvalue weighted by molar-refractivity contribution is -0.137. The molecule has 1 rings (SSSR count). The van der Waals surface area contributed by atoms with Crippen molar-refractivity contribution in [2.75, 3.05) is 13.1 Å². The summed E-state index contributed by atoms with van der Waals surface area (Å²) < 4.78 is 37.3. The van der Waals surface area contributed by atoms with Crippen LogP contribution < -0.4 is 11.1 Å². The van der Waals surface area contributed by atoms with Crippen LogP contribution in [0, 0.1) is 0 Å². The summed E-state index contributed by atoms with van der Waals surface area (Å²) in [6.45, 7) is 0.947. The maximum Gasteiger partial charge on any atom is 0.416 e. The molecule has 0 radical (unpaired) electrons. The summed E-state index contributed by atoms with van der Waals surface area (Å²) in [7, 11) is 0. The van der Waals surface area contributed by atoms with Crippen molar-refractivity contribution >= 4 is 5.91 Å². The molecule has 0 atom stereocenters. The second-order valence-electron chi connectivity index (χ2n) is 3.91. The van der Waals surface area contributed by atoms with Crippen LogP contribution in [-0.4, -0.2) is 19.0 Å². The van der Waals surface area contributed by atoms with Crippen molar-refractivity contribution in [1.29, 1.82) is 0 Å². The Bertz CT molecular complexity index is 405. The molecule has 6 heteroatoms. The van der Waals surface area contributed by atoms with E-state index in [1.165, 1.54) is 6.07 Å². The Morgan fingerprint density at radius 2 is 2.00 bits per heavy atom. The zero-order valence-electron chi connectivity index (χ0n) is 9.76. The van der Waals surface area contributed by atoms with Gasteiger partial charge in [-0.3, -0.25) is 4.79 Å². The molecule has 0 aliphatic rings. The highest BCUT2D eigenvalue weighted by Gasteiger charge is 2.30. The molecule has 3 nitrogen and oxygen atoms in total. The van der Waals surface area contributed by atoms with Gasteiger partial charge in [0, 0.05) is 13.0 Å². The van der Waals surface area contributed by atoms with Gasteiger partial charge in [0.25, 0.3) is 0 Å². The van der Waals surface area contributed by atoms with Gasteiger partial charge in [0.05, 0.1) is 5.56 Å². The molecule has 0 heterocycles. The zero-order chi connectivity index (χ0) is 13.6. The van der Waals surface area contributed by atoms with Crippen LogP contribution >= 0.6 is 0 Å². The van der Waals surface area contributed by atoms with Crippen molar-refractivity contribution in [3.8, 4) is 0 Å². The van der Waals surface area contributed by atoms with Crippen LogP contribution in [-0.2, 0) is 17.4 Å². The van der Waals surface area contributed by atoms with Crippen molar-refractivity contribution in [3.05, 3.63) is 35.4 Å². The first-order valence-corrected chi connectivity index (χ1v) is 5.55. The van der Waals surface area contributed by atoms with Crippen LogP contribution in [0.2, 0.25) is 0 Å². The third-order valence-corrected chi connectivity index (χ3v) is 2.39. The summed E-state index contributed by atoms with van der Waals surface area (Å²) in [4.78, 5) is 10.4. The molecule has 100 valence electrons. The molecule has 0 saturated heterocycles. The maximum absolute atomic E-state index is 12.4. The van der Waals surface area contributed by atoms with E-state index in [-0.39, 0.29) is 6.42 Å². The van der Waals surface area contributed by atoms with Crippen LogP contribution in [0.15, 0.2) is 24.3 Å². The molecule has 0 aliphatic heterocycles. The Morgan fingerprint density at radius 3 is 2.61 bits per heavy atom. The molecule has 0 saturated carbocycles. The van der Waals surface area contributed by atoms with Crippen LogP contribution in [0.5, 0.6) is 0 Å². The third kappa shape index (κ3) is 5.18. The van der Waals surface area contributed by atoms with Crippen molar-refractivity contribution < 1.29 is 18.0 Å². The number of carbonyl (C=O) groups excluding carboxylic acids is 1. The molecule has 0 spiro atoms. The third-order valence-electron chi connectivity index (χ3n) is 2.39. The van der Waals surface area contributed by atoms with Gasteiger partial charge in [0.15, 0.2) is 0 Å². The number of primary amides is 1. The first-order chi connectivity index (χ1) is 8.39. The maximum atomic E-state index is 12.4. The number of nitrogens with two attached hydrogens (primary N) is 1. The number of rotatable bonds is 6. The lowest BCUT2D eigenvalue weighted by Gasteiger charge is -2.09. The summed E-state index contributed by atoms with van der Waals surface area (Å²) in [5.74, 6) is -0.401. The zero-order valence-corrected chi connectivity index (χ0v) is 9.76. The highest BCUT2D eigenvalue weighted by Crippen LogP contribution is 2.29. The summed E-state index contributed by atoms with van der Waals surface area (Å²) in [5.41, 5.74) is 4.92. The highest BCUT2D eigenvalue weighted by molar-refractivity contribution is 5.73. The van der Waals surface area contributed by atoms with E-state index in [2.05, 4.69) is 5.32 Å². The fourth-order valence-corrected chi connectivity index (χ4v) is 1.47. The largest absolute Gasteiger partial charge is 0.416 e. The first kappa shape index (κ1) is 14.5. The van der Waals surface area contributed by atoms with Crippen LogP contribution in [0.1, 0.15) is 17.5 Å². The fraction of sp³-hybridized carbons (Fsp3) is 0.417. The molecule has 0 aliphatic carbocycles. The van der Waals surface area contributed by atoms with E-state index in [4.69, 9.17) is 5.73 Å². The minimum atomic E-state index is -4.31.